The molecule has 0 aliphatic heterocycles. The van der Waals surface area contributed by atoms with Crippen LogP contribution in [0.3, 0.4) is 0 Å². The van der Waals surface area contributed by atoms with Gasteiger partial charge in [0, 0.05) is 0 Å². The predicted octanol–water partition coefficient (Wildman–Crippen LogP) is 4.00. The number of nitrogens with one attached hydrogen (secondary N) is 1. The van der Waals surface area contributed by atoms with Crippen molar-refractivity contribution >= 4 is 5.91 Å². The number of ether oxygens (including phenoxy) is 2. The number of carbonyl (C=O) groups is 1. The maximum Gasteiger partial charge on any atom is 0.258 e. The SMILES string of the molecule is Cc1cccc(OCC(=O)NCCOc2ccccc2C(C)C)c1C. The molecule has 2 aromatic carbocycles. The van der Waals surface area contributed by atoms with Crippen LogP contribution in [-0.2, 0) is 4.79 Å². The van der Waals surface area contributed by atoms with E-state index in [2.05, 4.69) is 25.2 Å². The van der Waals surface area contributed by atoms with Crippen molar-refractivity contribution in [3.63, 3.8) is 0 Å². The largest absolute Gasteiger partial charge is 0.491 e. The molecule has 0 saturated heterocycles. The zero-order valence-corrected chi connectivity index (χ0v) is 15.5. The Hall–Kier alpha value is -2.49. The van der Waals surface area contributed by atoms with Crippen molar-refractivity contribution in [2.75, 3.05) is 19.8 Å². The number of rotatable bonds is 8. The quantitative estimate of drug-likeness (QED) is 0.738. The number of hydrogen-bond acceptors (Lipinski definition) is 3. The second-order valence-electron chi connectivity index (χ2n) is 6.38. The van der Waals surface area contributed by atoms with Gasteiger partial charge < -0.3 is 14.8 Å². The third-order valence-corrected chi connectivity index (χ3v) is 4.14. The Kier molecular flexibility index (Phi) is 6.87. The molecule has 1 amide bonds. The van der Waals surface area contributed by atoms with Crippen LogP contribution in [0, 0.1) is 13.8 Å². The van der Waals surface area contributed by atoms with E-state index in [4.69, 9.17) is 9.47 Å². The summed E-state index contributed by atoms with van der Waals surface area (Å²) < 4.78 is 11.4. The Balaban J connectivity index is 1.73. The van der Waals surface area contributed by atoms with Crippen LogP contribution in [0.5, 0.6) is 11.5 Å². The predicted molar refractivity (Wildman–Crippen MR) is 100 cm³/mol. The lowest BCUT2D eigenvalue weighted by molar-refractivity contribution is -0.123. The summed E-state index contributed by atoms with van der Waals surface area (Å²) in [6.45, 7) is 9.16. The van der Waals surface area contributed by atoms with Gasteiger partial charge in [0.15, 0.2) is 6.61 Å². The fourth-order valence-corrected chi connectivity index (χ4v) is 2.52. The molecule has 134 valence electrons. The standard InChI is InChI=1S/C21H27NO3/c1-15(2)18-9-5-6-10-20(18)24-13-12-22-21(23)14-25-19-11-7-8-16(3)17(19)4/h5-11,15H,12-14H2,1-4H3,(H,22,23). The number of para-hydroxylation sites is 1. The van der Waals surface area contributed by atoms with Crippen molar-refractivity contribution in [2.24, 2.45) is 0 Å². The summed E-state index contributed by atoms with van der Waals surface area (Å²) in [4.78, 5) is 11.9. The molecule has 4 heteroatoms. The lowest BCUT2D eigenvalue weighted by atomic mass is 10.0. The van der Waals surface area contributed by atoms with Crippen molar-refractivity contribution in [1.29, 1.82) is 0 Å². The van der Waals surface area contributed by atoms with Gasteiger partial charge in [0.25, 0.3) is 5.91 Å². The molecular weight excluding hydrogens is 314 g/mol. The third-order valence-electron chi connectivity index (χ3n) is 4.14. The summed E-state index contributed by atoms with van der Waals surface area (Å²) in [5.74, 6) is 1.87. The second kappa shape index (κ2) is 9.11. The highest BCUT2D eigenvalue weighted by Gasteiger charge is 2.08. The maximum absolute atomic E-state index is 11.9. The van der Waals surface area contributed by atoms with E-state index in [1.807, 2.05) is 50.2 Å². The summed E-state index contributed by atoms with van der Waals surface area (Å²) in [5.41, 5.74) is 3.38. The first-order valence-corrected chi connectivity index (χ1v) is 8.66. The van der Waals surface area contributed by atoms with Gasteiger partial charge in [0.05, 0.1) is 6.54 Å². The summed E-state index contributed by atoms with van der Waals surface area (Å²) >= 11 is 0. The monoisotopic (exact) mass is 341 g/mol. The molecule has 0 fully saturated rings. The van der Waals surface area contributed by atoms with Crippen LogP contribution in [-0.4, -0.2) is 25.7 Å². The number of hydrogen-bond donors (Lipinski definition) is 1. The van der Waals surface area contributed by atoms with Gasteiger partial charge in [-0.2, -0.15) is 0 Å². The van der Waals surface area contributed by atoms with Crippen LogP contribution in [0.15, 0.2) is 42.5 Å². The summed E-state index contributed by atoms with van der Waals surface area (Å²) in [6, 6.07) is 13.8. The Morgan fingerprint density at radius 1 is 1.00 bits per heavy atom. The van der Waals surface area contributed by atoms with E-state index < -0.39 is 0 Å². The fraction of sp³-hybridized carbons (Fsp3) is 0.381. The highest BCUT2D eigenvalue weighted by Crippen LogP contribution is 2.25. The fourth-order valence-electron chi connectivity index (χ4n) is 2.52. The van der Waals surface area contributed by atoms with Gasteiger partial charge in [-0.1, -0.05) is 44.2 Å². The first kappa shape index (κ1) is 18.8. The van der Waals surface area contributed by atoms with Crippen LogP contribution < -0.4 is 14.8 Å². The summed E-state index contributed by atoms with van der Waals surface area (Å²) in [6.07, 6.45) is 0. The van der Waals surface area contributed by atoms with E-state index in [0.717, 1.165) is 22.6 Å². The average molecular weight is 341 g/mol. The van der Waals surface area contributed by atoms with E-state index in [9.17, 15) is 4.79 Å². The molecule has 0 spiro atoms. The molecule has 0 radical (unpaired) electrons. The third kappa shape index (κ3) is 5.52. The molecule has 2 rings (SSSR count). The van der Waals surface area contributed by atoms with Crippen LogP contribution in [0.1, 0.15) is 36.5 Å². The van der Waals surface area contributed by atoms with Crippen molar-refractivity contribution in [3.05, 3.63) is 59.2 Å². The molecule has 0 saturated carbocycles. The molecule has 0 bridgehead atoms. The Bertz CT molecular complexity index is 710. The average Bonchev–Trinajstić information content (AvgIpc) is 2.60. The molecule has 0 aromatic heterocycles. The van der Waals surface area contributed by atoms with Crippen LogP contribution >= 0.6 is 0 Å². The Labute approximate surface area is 150 Å². The minimum absolute atomic E-state index is 0.00682. The van der Waals surface area contributed by atoms with Gasteiger partial charge in [0.1, 0.15) is 18.1 Å². The normalized spacial score (nSPS) is 10.6. The minimum Gasteiger partial charge on any atom is -0.491 e. The smallest absolute Gasteiger partial charge is 0.258 e. The summed E-state index contributed by atoms with van der Waals surface area (Å²) in [7, 11) is 0. The molecule has 25 heavy (non-hydrogen) atoms. The molecule has 0 aliphatic carbocycles. The highest BCUT2D eigenvalue weighted by atomic mass is 16.5. The number of carbonyl (C=O) groups excluding carboxylic acids is 1. The lowest BCUT2D eigenvalue weighted by Crippen LogP contribution is -2.32. The van der Waals surface area contributed by atoms with Crippen molar-refractivity contribution in [2.45, 2.75) is 33.6 Å². The molecule has 0 aliphatic rings. The van der Waals surface area contributed by atoms with Crippen LogP contribution in [0.25, 0.3) is 0 Å². The molecule has 4 nitrogen and oxygen atoms in total. The van der Waals surface area contributed by atoms with Crippen LogP contribution in [0.4, 0.5) is 0 Å². The van der Waals surface area contributed by atoms with Crippen molar-refractivity contribution < 1.29 is 14.3 Å². The summed E-state index contributed by atoms with van der Waals surface area (Å²) in [5, 5.41) is 2.82. The molecular formula is C21H27NO3. The van der Waals surface area contributed by atoms with E-state index in [-0.39, 0.29) is 12.5 Å². The van der Waals surface area contributed by atoms with Gasteiger partial charge in [-0.15, -0.1) is 0 Å². The zero-order valence-electron chi connectivity index (χ0n) is 15.5. The Morgan fingerprint density at radius 2 is 1.72 bits per heavy atom. The zero-order chi connectivity index (χ0) is 18.2. The highest BCUT2D eigenvalue weighted by molar-refractivity contribution is 5.77. The minimum atomic E-state index is -0.151. The van der Waals surface area contributed by atoms with Gasteiger partial charge in [-0.3, -0.25) is 4.79 Å². The lowest BCUT2D eigenvalue weighted by Gasteiger charge is -2.14. The number of amides is 1. The van der Waals surface area contributed by atoms with Gasteiger partial charge in [0.2, 0.25) is 0 Å². The van der Waals surface area contributed by atoms with Crippen molar-refractivity contribution in [3.8, 4) is 11.5 Å². The number of benzene rings is 2. The first-order valence-electron chi connectivity index (χ1n) is 8.66. The van der Waals surface area contributed by atoms with Crippen molar-refractivity contribution in [1.82, 2.24) is 5.32 Å². The van der Waals surface area contributed by atoms with E-state index in [0.29, 0.717) is 19.1 Å². The first-order chi connectivity index (χ1) is 12.0. The molecule has 2 aromatic rings. The van der Waals surface area contributed by atoms with Gasteiger partial charge >= 0.3 is 0 Å². The molecule has 0 unspecified atom stereocenters. The molecule has 0 heterocycles. The van der Waals surface area contributed by atoms with Gasteiger partial charge in [-0.25, -0.2) is 0 Å². The van der Waals surface area contributed by atoms with E-state index >= 15 is 0 Å². The Morgan fingerprint density at radius 3 is 2.48 bits per heavy atom. The maximum atomic E-state index is 11.9. The van der Waals surface area contributed by atoms with Crippen LogP contribution in [0.2, 0.25) is 0 Å². The van der Waals surface area contributed by atoms with E-state index in [1.165, 1.54) is 5.56 Å². The van der Waals surface area contributed by atoms with Gasteiger partial charge in [-0.05, 0) is 48.6 Å². The second-order valence-corrected chi connectivity index (χ2v) is 6.38. The molecule has 1 N–H and O–H groups in total. The van der Waals surface area contributed by atoms with E-state index in [1.54, 1.807) is 0 Å². The molecule has 0 atom stereocenters. The topological polar surface area (TPSA) is 47.6 Å². The number of aryl methyl sites for hydroxylation is 1.